The fourth-order valence-electron chi connectivity index (χ4n) is 1.61. The number of ether oxygens (including phenoxy) is 1. The molecule has 0 atom stereocenters. The predicted octanol–water partition coefficient (Wildman–Crippen LogP) is 2.31. The molecule has 5 nitrogen and oxygen atoms in total. The summed E-state index contributed by atoms with van der Waals surface area (Å²) in [6, 6.07) is 10.4. The van der Waals surface area contributed by atoms with Crippen LogP contribution in [0.2, 0.25) is 0 Å². The van der Waals surface area contributed by atoms with Crippen molar-refractivity contribution < 1.29 is 9.53 Å². The van der Waals surface area contributed by atoms with Crippen molar-refractivity contribution in [3.8, 4) is 5.75 Å². The molecule has 98 valence electrons. The Labute approximate surface area is 111 Å². The third-order valence-corrected chi connectivity index (χ3v) is 2.51. The van der Waals surface area contributed by atoms with Crippen LogP contribution in [0.4, 0.5) is 11.5 Å². The molecular weight excluding hydrogens is 242 g/mol. The molecule has 1 aromatic carbocycles. The highest BCUT2D eigenvalue weighted by Gasteiger charge is 2.09. The number of nitrogens with two attached hydrogens (primary N) is 1. The summed E-state index contributed by atoms with van der Waals surface area (Å²) in [6.45, 7) is 2.53. The fraction of sp³-hybridized carbons (Fsp3) is 0.143. The number of carbonyl (C=O) groups excluding carboxylic acids is 1. The molecule has 1 amide bonds. The van der Waals surface area contributed by atoms with Crippen molar-refractivity contribution in [2.75, 3.05) is 17.7 Å². The van der Waals surface area contributed by atoms with Crippen molar-refractivity contribution in [2.24, 2.45) is 0 Å². The van der Waals surface area contributed by atoms with Crippen LogP contribution in [0, 0.1) is 0 Å². The first-order valence-electron chi connectivity index (χ1n) is 5.95. The Hall–Kier alpha value is -2.56. The zero-order valence-corrected chi connectivity index (χ0v) is 10.6. The highest BCUT2D eigenvalue weighted by Crippen LogP contribution is 2.17. The molecule has 0 aliphatic heterocycles. The summed E-state index contributed by atoms with van der Waals surface area (Å²) in [5.74, 6) is 0.696. The summed E-state index contributed by atoms with van der Waals surface area (Å²) in [7, 11) is 0. The monoisotopic (exact) mass is 257 g/mol. The lowest BCUT2D eigenvalue weighted by Crippen LogP contribution is -2.14. The molecule has 0 spiro atoms. The minimum absolute atomic E-state index is 0.214. The maximum absolute atomic E-state index is 12.0. The Morgan fingerprint density at radius 2 is 2.05 bits per heavy atom. The van der Waals surface area contributed by atoms with Gasteiger partial charge >= 0.3 is 0 Å². The summed E-state index contributed by atoms with van der Waals surface area (Å²) in [5.41, 5.74) is 6.68. The summed E-state index contributed by atoms with van der Waals surface area (Å²) in [6.07, 6.45) is 1.54. The average Bonchev–Trinajstić information content (AvgIpc) is 2.42. The van der Waals surface area contributed by atoms with Gasteiger partial charge in [0.15, 0.2) is 0 Å². The number of pyridine rings is 1. The second-order valence-electron chi connectivity index (χ2n) is 3.85. The summed E-state index contributed by atoms with van der Waals surface area (Å²) < 4.78 is 5.33. The van der Waals surface area contributed by atoms with Crippen molar-refractivity contribution in [3.63, 3.8) is 0 Å². The number of nitrogen functional groups attached to an aromatic ring is 1. The molecule has 0 bridgehead atoms. The van der Waals surface area contributed by atoms with Crippen LogP contribution in [0.25, 0.3) is 0 Å². The summed E-state index contributed by atoms with van der Waals surface area (Å²) in [4.78, 5) is 15.9. The molecule has 0 fully saturated rings. The third-order valence-electron chi connectivity index (χ3n) is 2.51. The molecule has 1 heterocycles. The lowest BCUT2D eigenvalue weighted by molar-refractivity contribution is 0.102. The van der Waals surface area contributed by atoms with Gasteiger partial charge in [-0.2, -0.15) is 0 Å². The highest BCUT2D eigenvalue weighted by atomic mass is 16.5. The van der Waals surface area contributed by atoms with Gasteiger partial charge < -0.3 is 15.8 Å². The van der Waals surface area contributed by atoms with Crippen LogP contribution < -0.4 is 15.8 Å². The van der Waals surface area contributed by atoms with Gasteiger partial charge in [-0.3, -0.25) is 4.79 Å². The van der Waals surface area contributed by atoms with Crippen LogP contribution >= 0.6 is 0 Å². The Balaban J connectivity index is 2.09. The van der Waals surface area contributed by atoms with Crippen molar-refractivity contribution in [3.05, 3.63) is 48.2 Å². The van der Waals surface area contributed by atoms with Crippen LogP contribution in [0.5, 0.6) is 5.75 Å². The van der Waals surface area contributed by atoms with Crippen LogP contribution in [-0.4, -0.2) is 17.5 Å². The molecule has 2 aromatic rings. The summed E-state index contributed by atoms with van der Waals surface area (Å²) >= 11 is 0. The predicted molar refractivity (Wildman–Crippen MR) is 74.2 cm³/mol. The van der Waals surface area contributed by atoms with Crippen molar-refractivity contribution in [1.82, 2.24) is 4.98 Å². The van der Waals surface area contributed by atoms with Gasteiger partial charge in [0.25, 0.3) is 5.91 Å². The molecule has 19 heavy (non-hydrogen) atoms. The third kappa shape index (κ3) is 3.22. The molecule has 3 N–H and O–H groups in total. The smallest absolute Gasteiger partial charge is 0.259 e. The number of nitrogens with one attached hydrogen (secondary N) is 1. The van der Waals surface area contributed by atoms with Crippen molar-refractivity contribution >= 4 is 17.4 Å². The molecule has 5 heteroatoms. The van der Waals surface area contributed by atoms with Crippen LogP contribution in [0.1, 0.15) is 17.3 Å². The number of amides is 1. The Morgan fingerprint density at radius 1 is 1.32 bits per heavy atom. The Bertz CT molecular complexity index is 567. The number of aromatic nitrogens is 1. The zero-order chi connectivity index (χ0) is 13.7. The number of anilines is 2. The van der Waals surface area contributed by atoms with Crippen LogP contribution in [-0.2, 0) is 0 Å². The topological polar surface area (TPSA) is 77.2 Å². The summed E-state index contributed by atoms with van der Waals surface area (Å²) in [5, 5.41) is 2.75. The number of carbonyl (C=O) groups is 1. The lowest BCUT2D eigenvalue weighted by Gasteiger charge is -2.08. The molecule has 0 radical (unpaired) electrons. The Morgan fingerprint density at radius 3 is 2.68 bits per heavy atom. The van der Waals surface area contributed by atoms with E-state index < -0.39 is 0 Å². The molecule has 1 aromatic heterocycles. The van der Waals surface area contributed by atoms with E-state index in [2.05, 4.69) is 10.3 Å². The van der Waals surface area contributed by atoms with E-state index in [-0.39, 0.29) is 11.7 Å². The second kappa shape index (κ2) is 5.86. The number of benzene rings is 1. The molecule has 0 saturated carbocycles. The van der Waals surface area contributed by atoms with Gasteiger partial charge in [-0.15, -0.1) is 0 Å². The number of nitrogens with zero attached hydrogens (tertiary/aromatic N) is 1. The first kappa shape index (κ1) is 12.9. The van der Waals surface area contributed by atoms with Crippen LogP contribution in [0.15, 0.2) is 42.6 Å². The van der Waals surface area contributed by atoms with E-state index in [9.17, 15) is 4.79 Å². The van der Waals surface area contributed by atoms with Gasteiger partial charge in [0.05, 0.1) is 12.2 Å². The molecule has 2 rings (SSSR count). The second-order valence-corrected chi connectivity index (χ2v) is 3.85. The highest BCUT2D eigenvalue weighted by molar-refractivity contribution is 6.07. The van der Waals surface area contributed by atoms with Gasteiger partial charge in [0, 0.05) is 11.9 Å². The maximum atomic E-state index is 12.0. The number of hydrogen-bond donors (Lipinski definition) is 2. The molecular formula is C14H15N3O2. The quantitative estimate of drug-likeness (QED) is 0.881. The van der Waals surface area contributed by atoms with Crippen molar-refractivity contribution in [2.45, 2.75) is 6.92 Å². The first-order valence-corrected chi connectivity index (χ1v) is 5.95. The van der Waals surface area contributed by atoms with E-state index in [1.807, 2.05) is 6.92 Å². The largest absolute Gasteiger partial charge is 0.494 e. The van der Waals surface area contributed by atoms with Crippen molar-refractivity contribution in [1.29, 1.82) is 0 Å². The fourth-order valence-corrected chi connectivity index (χ4v) is 1.61. The number of hydrogen-bond acceptors (Lipinski definition) is 4. The molecule has 0 unspecified atom stereocenters. The van der Waals surface area contributed by atoms with E-state index in [1.165, 1.54) is 0 Å². The van der Waals surface area contributed by atoms with Crippen LogP contribution in [0.3, 0.4) is 0 Å². The molecule has 0 aliphatic rings. The van der Waals surface area contributed by atoms with E-state index in [0.29, 0.717) is 17.9 Å². The van der Waals surface area contributed by atoms with Gasteiger partial charge in [0.2, 0.25) is 0 Å². The van der Waals surface area contributed by atoms with E-state index in [1.54, 1.807) is 42.6 Å². The van der Waals surface area contributed by atoms with E-state index >= 15 is 0 Å². The average molecular weight is 257 g/mol. The Kier molecular flexibility index (Phi) is 3.97. The first-order chi connectivity index (χ1) is 9.20. The normalized spacial score (nSPS) is 9.95. The lowest BCUT2D eigenvalue weighted by atomic mass is 10.2. The minimum atomic E-state index is -0.283. The molecule has 0 aliphatic carbocycles. The maximum Gasteiger partial charge on any atom is 0.259 e. The van der Waals surface area contributed by atoms with Gasteiger partial charge in [-0.1, -0.05) is 0 Å². The number of rotatable bonds is 4. The molecule has 0 saturated heterocycles. The minimum Gasteiger partial charge on any atom is -0.494 e. The standard InChI is InChI=1S/C14H15N3O2/c1-2-19-11-7-5-10(6-8-11)17-14(18)12-4-3-9-16-13(12)15/h3-9H,2H2,1H3,(H2,15,16)(H,17,18). The van der Waals surface area contributed by atoms with Gasteiger partial charge in [-0.25, -0.2) is 4.98 Å². The van der Waals surface area contributed by atoms with Gasteiger partial charge in [0.1, 0.15) is 11.6 Å². The van der Waals surface area contributed by atoms with E-state index in [0.717, 1.165) is 5.75 Å². The van der Waals surface area contributed by atoms with E-state index in [4.69, 9.17) is 10.5 Å². The van der Waals surface area contributed by atoms with Gasteiger partial charge in [-0.05, 0) is 43.3 Å². The zero-order valence-electron chi connectivity index (χ0n) is 10.6. The SMILES string of the molecule is CCOc1ccc(NC(=O)c2cccnc2N)cc1.